The number of hydrogen-bond donors (Lipinski definition) is 2. The summed E-state index contributed by atoms with van der Waals surface area (Å²) in [6.07, 6.45) is -6.50. The van der Waals surface area contributed by atoms with Crippen molar-refractivity contribution in [1.82, 2.24) is 24.5 Å². The van der Waals surface area contributed by atoms with Crippen LogP contribution in [0, 0.1) is 5.92 Å². The van der Waals surface area contributed by atoms with Gasteiger partial charge in [0, 0.05) is 83.1 Å². The zero-order chi connectivity index (χ0) is 38.8. The fourth-order valence-corrected chi connectivity index (χ4v) is 8.55. The molecule has 2 aromatic carbocycles. The summed E-state index contributed by atoms with van der Waals surface area (Å²) in [5.74, 6) is -1.63. The predicted molar refractivity (Wildman–Crippen MR) is 192 cm³/mol. The van der Waals surface area contributed by atoms with Crippen molar-refractivity contribution in [2.24, 2.45) is 5.92 Å². The zero-order valence-electron chi connectivity index (χ0n) is 29.9. The van der Waals surface area contributed by atoms with Crippen LogP contribution < -0.4 is 11.1 Å². The van der Waals surface area contributed by atoms with Crippen molar-refractivity contribution >= 4 is 40.8 Å². The van der Waals surface area contributed by atoms with Gasteiger partial charge in [-0.25, -0.2) is 4.79 Å². The van der Waals surface area contributed by atoms with Gasteiger partial charge in [-0.3, -0.25) is 19.4 Å². The van der Waals surface area contributed by atoms with Crippen LogP contribution in [0.3, 0.4) is 0 Å². The van der Waals surface area contributed by atoms with E-state index in [0.717, 1.165) is 17.3 Å². The lowest BCUT2D eigenvalue weighted by molar-refractivity contribution is -0.150. The van der Waals surface area contributed by atoms with E-state index >= 15 is 0 Å². The number of anilines is 2. The first-order valence-corrected chi connectivity index (χ1v) is 18.8. The first kappa shape index (κ1) is 39.9. The second kappa shape index (κ2) is 16.5. The molecule has 296 valence electrons. The van der Waals surface area contributed by atoms with Crippen LogP contribution in [-0.2, 0) is 28.6 Å². The van der Waals surface area contributed by atoms with E-state index in [-0.39, 0.29) is 53.4 Å². The number of benzene rings is 2. The van der Waals surface area contributed by atoms with E-state index in [0.29, 0.717) is 91.0 Å². The van der Waals surface area contributed by atoms with Gasteiger partial charge in [0.25, 0.3) is 0 Å². The number of urea groups is 1. The van der Waals surface area contributed by atoms with Crippen molar-refractivity contribution in [3.63, 3.8) is 0 Å². The minimum absolute atomic E-state index is 0.0779. The van der Waals surface area contributed by atoms with Crippen LogP contribution in [0.1, 0.15) is 48.8 Å². The molecule has 3 N–H and O–H groups in total. The van der Waals surface area contributed by atoms with Gasteiger partial charge in [0.15, 0.2) is 0 Å². The predicted octanol–water partition coefficient (Wildman–Crippen LogP) is 5.74. The van der Waals surface area contributed by atoms with Crippen LogP contribution in [0.2, 0.25) is 5.02 Å². The highest BCUT2D eigenvalue weighted by Crippen LogP contribution is 2.39. The largest absolute Gasteiger partial charge is 0.418 e. The molecule has 4 heterocycles. The number of likely N-dealkylation sites (tertiary alicyclic amines) is 2. The molecule has 0 spiro atoms. The van der Waals surface area contributed by atoms with Gasteiger partial charge < -0.3 is 25.8 Å². The normalized spacial score (nSPS) is 20.7. The third kappa shape index (κ3) is 9.72. The van der Waals surface area contributed by atoms with E-state index in [1.165, 1.54) is 11.0 Å². The Morgan fingerprint density at radius 1 is 0.852 bits per heavy atom. The van der Waals surface area contributed by atoms with E-state index in [4.69, 9.17) is 17.3 Å². The van der Waals surface area contributed by atoms with Crippen LogP contribution in [0.4, 0.5) is 42.5 Å². The average molecular weight is 786 g/mol. The number of halogens is 7. The van der Waals surface area contributed by atoms with Crippen LogP contribution >= 0.6 is 11.6 Å². The van der Waals surface area contributed by atoms with Gasteiger partial charge in [-0.1, -0.05) is 29.8 Å². The molecule has 0 aliphatic carbocycles. The molecule has 2 aromatic rings. The molecule has 3 saturated heterocycles. The summed E-state index contributed by atoms with van der Waals surface area (Å²) in [6, 6.07) is 9.63. The lowest BCUT2D eigenvalue weighted by Crippen LogP contribution is -2.55. The standard InChI is InChI=1S/C37H46ClF6N7O3/c38-30-21-24(20-29(33(30)45)37(42,43)44)19-26(34(53)50-12-6-27(7-13-50)48-17-15-47(16-18-48)23-36(39,40)41)22-32(52)49-10-8-28(9-11-49)51-14-5-25-3-1-2-4-31(25)46-35(51)54/h1-4,20-21,26-28H,5-19,22-23,45H2,(H,46,54)/t26-/m0/s1. The molecule has 17 heteroatoms. The Labute approximate surface area is 315 Å². The molecule has 4 aliphatic heterocycles. The quantitative estimate of drug-likeness (QED) is 0.262. The van der Waals surface area contributed by atoms with E-state index in [9.17, 15) is 40.7 Å². The highest BCUT2D eigenvalue weighted by atomic mass is 35.5. The molecule has 0 aromatic heterocycles. The van der Waals surface area contributed by atoms with Crippen molar-refractivity contribution < 1.29 is 40.7 Å². The minimum Gasteiger partial charge on any atom is -0.397 e. The van der Waals surface area contributed by atoms with Crippen molar-refractivity contribution in [1.29, 1.82) is 0 Å². The van der Waals surface area contributed by atoms with Crippen LogP contribution in [-0.4, -0.2) is 126 Å². The highest BCUT2D eigenvalue weighted by Gasteiger charge is 2.39. The summed E-state index contributed by atoms with van der Waals surface area (Å²) < 4.78 is 80.2. The smallest absolute Gasteiger partial charge is 0.397 e. The summed E-state index contributed by atoms with van der Waals surface area (Å²) in [6.45, 7) is 2.56. The molecular formula is C37H46ClF6N7O3. The second-order valence-corrected chi connectivity index (χ2v) is 15.2. The fourth-order valence-electron chi connectivity index (χ4n) is 8.31. The maximum atomic E-state index is 14.1. The van der Waals surface area contributed by atoms with Gasteiger partial charge in [0.1, 0.15) is 0 Å². The number of carbonyl (C=O) groups excluding carboxylic acids is 3. The number of carbonyl (C=O) groups is 3. The number of piperazine rings is 1. The van der Waals surface area contributed by atoms with Crippen molar-refractivity contribution in [2.75, 3.05) is 76.5 Å². The third-order valence-corrected chi connectivity index (χ3v) is 11.6. The average Bonchev–Trinajstić information content (AvgIpc) is 3.29. The number of nitrogens with zero attached hydrogens (tertiary/aromatic N) is 5. The number of alkyl halides is 6. The Morgan fingerprint density at radius 3 is 2.13 bits per heavy atom. The molecule has 54 heavy (non-hydrogen) atoms. The van der Waals surface area contributed by atoms with Gasteiger partial charge in [-0.05, 0) is 67.9 Å². The summed E-state index contributed by atoms with van der Waals surface area (Å²) in [4.78, 5) is 49.7. The molecule has 1 atom stereocenters. The monoisotopic (exact) mass is 785 g/mol. The van der Waals surface area contributed by atoms with E-state index in [1.54, 1.807) is 9.80 Å². The van der Waals surface area contributed by atoms with E-state index < -0.39 is 36.1 Å². The van der Waals surface area contributed by atoms with Crippen LogP contribution in [0.15, 0.2) is 36.4 Å². The Bertz CT molecular complexity index is 1670. The molecule has 6 rings (SSSR count). The number of amides is 4. The number of piperidine rings is 2. The number of nitrogens with one attached hydrogen (secondary N) is 1. The molecule has 0 bridgehead atoms. The van der Waals surface area contributed by atoms with Gasteiger partial charge >= 0.3 is 18.4 Å². The Balaban J connectivity index is 1.10. The highest BCUT2D eigenvalue weighted by molar-refractivity contribution is 6.33. The SMILES string of the molecule is Nc1c(Cl)cc(C[C@@H](CC(=O)N2CCC(N3CCc4ccccc4NC3=O)CC2)C(=O)N2CCC(N3CCN(CC(F)(F)F)CC3)CC2)cc1C(F)(F)F. The van der Waals surface area contributed by atoms with Crippen molar-refractivity contribution in [2.45, 2.75) is 69.4 Å². The number of fused-ring (bicyclic) bond motifs is 1. The summed E-state index contributed by atoms with van der Waals surface area (Å²) in [7, 11) is 0. The Hall–Kier alpha value is -3.76. The first-order valence-electron chi connectivity index (χ1n) is 18.5. The summed E-state index contributed by atoms with van der Waals surface area (Å²) in [5, 5.41) is 2.69. The Kier molecular flexibility index (Phi) is 12.2. The number of hydrogen-bond acceptors (Lipinski definition) is 6. The van der Waals surface area contributed by atoms with E-state index in [2.05, 4.69) is 10.2 Å². The van der Waals surface area contributed by atoms with Gasteiger partial charge in [-0.15, -0.1) is 0 Å². The molecule has 0 saturated carbocycles. The molecular weight excluding hydrogens is 740 g/mol. The second-order valence-electron chi connectivity index (χ2n) is 14.8. The van der Waals surface area contributed by atoms with Gasteiger partial charge in [-0.2, -0.15) is 26.3 Å². The number of para-hydroxylation sites is 1. The molecule has 0 unspecified atom stereocenters. The Morgan fingerprint density at radius 2 is 1.48 bits per heavy atom. The van der Waals surface area contributed by atoms with Crippen LogP contribution in [0.25, 0.3) is 0 Å². The first-order chi connectivity index (χ1) is 25.6. The molecule has 4 aliphatic rings. The van der Waals surface area contributed by atoms with Gasteiger partial charge in [0.05, 0.1) is 28.7 Å². The molecule has 3 fully saturated rings. The summed E-state index contributed by atoms with van der Waals surface area (Å²) >= 11 is 6.13. The zero-order valence-corrected chi connectivity index (χ0v) is 30.7. The maximum Gasteiger partial charge on any atom is 0.418 e. The molecule has 0 radical (unpaired) electrons. The number of nitrogens with two attached hydrogens (primary N) is 1. The number of rotatable bonds is 8. The maximum absolute atomic E-state index is 14.1. The van der Waals surface area contributed by atoms with Gasteiger partial charge in [0.2, 0.25) is 11.8 Å². The minimum atomic E-state index is -4.78. The lowest BCUT2D eigenvalue weighted by atomic mass is 9.91. The molecule has 10 nitrogen and oxygen atoms in total. The van der Waals surface area contributed by atoms with E-state index in [1.807, 2.05) is 29.2 Å². The van der Waals surface area contributed by atoms with Crippen molar-refractivity contribution in [3.05, 3.63) is 58.1 Å². The lowest BCUT2D eigenvalue weighted by Gasteiger charge is -2.43. The third-order valence-electron chi connectivity index (χ3n) is 11.2. The summed E-state index contributed by atoms with van der Waals surface area (Å²) in [5.41, 5.74) is 5.90. The van der Waals surface area contributed by atoms with Crippen LogP contribution in [0.5, 0.6) is 0 Å². The fraction of sp³-hybridized carbons (Fsp3) is 0.595. The number of nitrogen functional groups attached to an aromatic ring is 1. The molecule has 4 amide bonds. The topological polar surface area (TPSA) is 105 Å². The van der Waals surface area contributed by atoms with Crippen molar-refractivity contribution in [3.8, 4) is 0 Å².